The van der Waals surface area contributed by atoms with Crippen molar-refractivity contribution in [1.82, 2.24) is 0 Å². The van der Waals surface area contributed by atoms with Gasteiger partial charge in [0.05, 0.1) is 10.6 Å². The quantitative estimate of drug-likeness (QED) is 0.682. The Morgan fingerprint density at radius 1 is 1.00 bits per heavy atom. The number of benzene rings is 2. The van der Waals surface area contributed by atoms with Gasteiger partial charge in [-0.1, -0.05) is 35.9 Å². The van der Waals surface area contributed by atoms with Crippen molar-refractivity contribution in [3.05, 3.63) is 65.7 Å². The third-order valence-electron chi connectivity index (χ3n) is 2.89. The predicted molar refractivity (Wildman–Crippen MR) is 83.5 cm³/mol. The first-order chi connectivity index (χ1) is 10.0. The molecule has 0 atom stereocenters. The first-order valence-corrected chi connectivity index (χ1v) is 7.81. The molecule has 0 aliphatic carbocycles. The lowest BCUT2D eigenvalue weighted by Crippen LogP contribution is -2.13. The van der Waals surface area contributed by atoms with Crippen molar-refractivity contribution in [2.75, 3.05) is 4.72 Å². The second-order valence-electron chi connectivity index (χ2n) is 4.50. The van der Waals surface area contributed by atoms with Crippen molar-refractivity contribution in [1.29, 1.82) is 0 Å². The minimum absolute atomic E-state index is 0.197. The summed E-state index contributed by atoms with van der Waals surface area (Å²) in [6, 6.07) is 13.5. The van der Waals surface area contributed by atoms with Gasteiger partial charge in [-0.3, -0.25) is 9.52 Å². The lowest BCUT2D eigenvalue weighted by Gasteiger charge is -2.10. The number of nitrogens with one attached hydrogen (secondary N) is 1. The third-order valence-corrected chi connectivity index (χ3v) is 4.27. The molecule has 0 radical (unpaired) electrons. The average molecular weight is 301 g/mol. The van der Waals surface area contributed by atoms with Crippen molar-refractivity contribution in [2.45, 2.75) is 11.8 Å². The van der Waals surface area contributed by atoms with Gasteiger partial charge in [-0.2, -0.15) is 0 Å². The maximum atomic E-state index is 12.3. The second-order valence-corrected chi connectivity index (χ2v) is 6.18. The van der Waals surface area contributed by atoms with Gasteiger partial charge in [0.25, 0.3) is 10.0 Å². The van der Waals surface area contributed by atoms with Gasteiger partial charge >= 0.3 is 0 Å². The zero-order valence-electron chi connectivity index (χ0n) is 11.5. The Balaban J connectivity index is 2.35. The summed E-state index contributed by atoms with van der Waals surface area (Å²) < 4.78 is 27.2. The molecule has 0 heterocycles. The topological polar surface area (TPSA) is 63.2 Å². The van der Waals surface area contributed by atoms with Gasteiger partial charge in [0.15, 0.2) is 0 Å². The molecule has 1 N–H and O–H groups in total. The fraction of sp³-hybridized carbons (Fsp3) is 0.0625. The van der Waals surface area contributed by atoms with Gasteiger partial charge in [-0.05, 0) is 42.8 Å². The molecule has 0 aromatic heterocycles. The molecular formula is C16H15NO3S. The van der Waals surface area contributed by atoms with Crippen molar-refractivity contribution in [3.8, 4) is 0 Å². The van der Waals surface area contributed by atoms with Gasteiger partial charge in [0.2, 0.25) is 0 Å². The van der Waals surface area contributed by atoms with E-state index in [1.165, 1.54) is 6.08 Å². The van der Waals surface area contributed by atoms with Crippen LogP contribution < -0.4 is 4.72 Å². The molecule has 0 spiro atoms. The van der Waals surface area contributed by atoms with Crippen LogP contribution in [0.2, 0.25) is 0 Å². The standard InChI is InChI=1S/C16H15NO3S/c1-13-8-10-15(11-9-13)21(19,20)17-16-7-3-2-5-14(16)6-4-12-18/h2-12,17H,1H3/b6-4+. The summed E-state index contributed by atoms with van der Waals surface area (Å²) in [6.07, 6.45) is 3.52. The molecular weight excluding hydrogens is 286 g/mol. The number of anilines is 1. The van der Waals surface area contributed by atoms with Crippen molar-refractivity contribution < 1.29 is 13.2 Å². The number of allylic oxidation sites excluding steroid dienone is 1. The number of carbonyl (C=O) groups is 1. The van der Waals surface area contributed by atoms with E-state index >= 15 is 0 Å². The Bertz CT molecular complexity index is 762. The number of carbonyl (C=O) groups excluding carboxylic acids is 1. The summed E-state index contributed by atoms with van der Waals surface area (Å²) in [7, 11) is -3.65. The Morgan fingerprint density at radius 2 is 1.67 bits per heavy atom. The van der Waals surface area contributed by atoms with Gasteiger partial charge in [-0.15, -0.1) is 0 Å². The third kappa shape index (κ3) is 3.79. The van der Waals surface area contributed by atoms with Crippen LogP contribution in [0.25, 0.3) is 6.08 Å². The number of aryl methyl sites for hydroxylation is 1. The molecule has 0 saturated carbocycles. The number of sulfonamides is 1. The highest BCUT2D eigenvalue weighted by molar-refractivity contribution is 7.92. The van der Waals surface area contributed by atoms with Crippen LogP contribution in [-0.2, 0) is 14.8 Å². The predicted octanol–water partition coefficient (Wildman–Crippen LogP) is 3.01. The van der Waals surface area contributed by atoms with E-state index in [9.17, 15) is 13.2 Å². The van der Waals surface area contributed by atoms with Crippen LogP contribution in [0.15, 0.2) is 59.5 Å². The van der Waals surface area contributed by atoms with Crippen LogP contribution in [0, 0.1) is 6.92 Å². The van der Waals surface area contributed by atoms with Gasteiger partial charge in [-0.25, -0.2) is 8.42 Å². The molecule has 5 heteroatoms. The van der Waals surface area contributed by atoms with Crippen LogP contribution in [0.5, 0.6) is 0 Å². The first kappa shape index (κ1) is 15.0. The van der Waals surface area contributed by atoms with E-state index in [0.717, 1.165) is 5.56 Å². The lowest BCUT2D eigenvalue weighted by molar-refractivity contribution is -0.104. The summed E-state index contributed by atoms with van der Waals surface area (Å²) >= 11 is 0. The van der Waals surface area contributed by atoms with Crippen LogP contribution in [0.4, 0.5) is 5.69 Å². The zero-order chi connectivity index (χ0) is 15.3. The van der Waals surface area contributed by atoms with Crippen LogP contribution in [0.1, 0.15) is 11.1 Å². The van der Waals surface area contributed by atoms with Crippen molar-refractivity contribution >= 4 is 28.1 Å². The highest BCUT2D eigenvalue weighted by Gasteiger charge is 2.14. The maximum absolute atomic E-state index is 12.3. The normalized spacial score (nSPS) is 11.5. The molecule has 0 bridgehead atoms. The number of hydrogen-bond donors (Lipinski definition) is 1. The smallest absolute Gasteiger partial charge is 0.261 e. The Kier molecular flexibility index (Phi) is 4.55. The molecule has 0 aliphatic rings. The van der Waals surface area contributed by atoms with E-state index in [1.54, 1.807) is 54.6 Å². The van der Waals surface area contributed by atoms with Gasteiger partial charge < -0.3 is 0 Å². The first-order valence-electron chi connectivity index (χ1n) is 6.33. The van der Waals surface area contributed by atoms with E-state index in [0.29, 0.717) is 17.5 Å². The molecule has 2 aromatic carbocycles. The largest absolute Gasteiger partial charge is 0.299 e. The molecule has 21 heavy (non-hydrogen) atoms. The number of para-hydroxylation sites is 1. The highest BCUT2D eigenvalue weighted by atomic mass is 32.2. The van der Waals surface area contributed by atoms with E-state index in [2.05, 4.69) is 4.72 Å². The van der Waals surface area contributed by atoms with Crippen LogP contribution in [-0.4, -0.2) is 14.7 Å². The summed E-state index contributed by atoms with van der Waals surface area (Å²) in [6.45, 7) is 1.89. The Morgan fingerprint density at radius 3 is 2.33 bits per heavy atom. The summed E-state index contributed by atoms with van der Waals surface area (Å²) in [5, 5.41) is 0. The van der Waals surface area contributed by atoms with E-state index < -0.39 is 10.0 Å². The molecule has 2 rings (SSSR count). The molecule has 4 nitrogen and oxygen atoms in total. The fourth-order valence-corrected chi connectivity index (χ4v) is 2.89. The fourth-order valence-electron chi connectivity index (χ4n) is 1.80. The van der Waals surface area contributed by atoms with Crippen molar-refractivity contribution in [2.24, 2.45) is 0 Å². The van der Waals surface area contributed by atoms with Crippen LogP contribution in [0.3, 0.4) is 0 Å². The van der Waals surface area contributed by atoms with E-state index in [1.807, 2.05) is 6.92 Å². The number of hydrogen-bond acceptors (Lipinski definition) is 3. The number of aldehydes is 1. The minimum Gasteiger partial charge on any atom is -0.299 e. The molecule has 108 valence electrons. The van der Waals surface area contributed by atoms with Crippen LogP contribution >= 0.6 is 0 Å². The minimum atomic E-state index is -3.65. The molecule has 2 aromatic rings. The van der Waals surface area contributed by atoms with Gasteiger partial charge in [0.1, 0.15) is 6.29 Å². The average Bonchev–Trinajstić information content (AvgIpc) is 2.46. The second kappa shape index (κ2) is 6.37. The Labute approximate surface area is 124 Å². The summed E-state index contributed by atoms with van der Waals surface area (Å²) in [5.41, 5.74) is 2.04. The zero-order valence-corrected chi connectivity index (χ0v) is 12.3. The summed E-state index contributed by atoms with van der Waals surface area (Å²) in [5.74, 6) is 0. The molecule has 0 aliphatic heterocycles. The maximum Gasteiger partial charge on any atom is 0.261 e. The van der Waals surface area contributed by atoms with Crippen molar-refractivity contribution in [3.63, 3.8) is 0 Å². The Hall–Kier alpha value is -2.40. The molecule has 0 amide bonds. The van der Waals surface area contributed by atoms with E-state index in [4.69, 9.17) is 0 Å². The lowest BCUT2D eigenvalue weighted by atomic mass is 10.2. The SMILES string of the molecule is Cc1ccc(S(=O)(=O)Nc2ccccc2/C=C/C=O)cc1. The molecule has 0 saturated heterocycles. The monoisotopic (exact) mass is 301 g/mol. The molecule has 0 unspecified atom stereocenters. The van der Waals surface area contributed by atoms with E-state index in [-0.39, 0.29) is 4.90 Å². The summed E-state index contributed by atoms with van der Waals surface area (Å²) in [4.78, 5) is 10.6. The van der Waals surface area contributed by atoms with Gasteiger partial charge in [0, 0.05) is 0 Å². The molecule has 0 fully saturated rings. The highest BCUT2D eigenvalue weighted by Crippen LogP contribution is 2.21. The number of rotatable bonds is 5.